The maximum atomic E-state index is 13.2. The highest BCUT2D eigenvalue weighted by atomic mass is 16.6. The lowest BCUT2D eigenvalue weighted by atomic mass is 9.96. The van der Waals surface area contributed by atoms with E-state index in [9.17, 15) is 14.9 Å². The predicted octanol–water partition coefficient (Wildman–Crippen LogP) is 4.70. The molecular formula is C24H24N6O3. The molecule has 0 radical (unpaired) electrons. The first kappa shape index (κ1) is 22.1. The number of fused-ring (bicyclic) bond motifs is 1. The summed E-state index contributed by atoms with van der Waals surface area (Å²) in [6, 6.07) is 15.7. The molecule has 1 N–H and O–H groups in total. The Morgan fingerprint density at radius 2 is 1.85 bits per heavy atom. The lowest BCUT2D eigenvalue weighted by molar-refractivity contribution is -0.384. The molecule has 0 saturated carbocycles. The first-order chi connectivity index (χ1) is 15.9. The molecule has 4 rings (SSSR count). The van der Waals surface area contributed by atoms with Crippen LogP contribution in [-0.4, -0.2) is 30.4 Å². The summed E-state index contributed by atoms with van der Waals surface area (Å²) in [4.78, 5) is 32.4. The van der Waals surface area contributed by atoms with E-state index in [0.29, 0.717) is 17.2 Å². The third-order valence-electron chi connectivity index (χ3n) is 5.80. The van der Waals surface area contributed by atoms with Crippen molar-refractivity contribution in [1.82, 2.24) is 24.9 Å². The standard InChI is InChI=1S/C24H24N6O3/c1-4-15(2)17-8-10-18(11-9-17)16(3)27-23(31)22-13-21(28-24-25-14-26-29(22)24)19-6-5-7-20(12-19)30(32)33/h5-16H,4H2,1-3H3,(H,27,31)/t15-,16+/m0/s1. The number of nitro groups is 1. The third kappa shape index (κ3) is 4.57. The second-order valence-corrected chi connectivity index (χ2v) is 7.98. The summed E-state index contributed by atoms with van der Waals surface area (Å²) < 4.78 is 1.36. The van der Waals surface area contributed by atoms with Crippen molar-refractivity contribution in [1.29, 1.82) is 0 Å². The molecule has 9 nitrogen and oxygen atoms in total. The zero-order chi connectivity index (χ0) is 23.5. The monoisotopic (exact) mass is 444 g/mol. The van der Waals surface area contributed by atoms with E-state index in [2.05, 4.69) is 46.4 Å². The van der Waals surface area contributed by atoms with Gasteiger partial charge in [0.2, 0.25) is 0 Å². The van der Waals surface area contributed by atoms with Gasteiger partial charge in [-0.3, -0.25) is 14.9 Å². The summed E-state index contributed by atoms with van der Waals surface area (Å²) in [5.74, 6) is 0.362. The molecule has 0 spiro atoms. The van der Waals surface area contributed by atoms with Crippen molar-refractivity contribution in [2.75, 3.05) is 0 Å². The molecule has 4 aromatic rings. The third-order valence-corrected chi connectivity index (χ3v) is 5.80. The first-order valence-corrected chi connectivity index (χ1v) is 10.7. The molecule has 2 heterocycles. The molecule has 9 heteroatoms. The largest absolute Gasteiger partial charge is 0.344 e. The van der Waals surface area contributed by atoms with Gasteiger partial charge in [-0.05, 0) is 36.5 Å². The van der Waals surface area contributed by atoms with Crippen LogP contribution in [0.4, 0.5) is 5.69 Å². The van der Waals surface area contributed by atoms with Gasteiger partial charge in [-0.25, -0.2) is 4.98 Å². The maximum Gasteiger partial charge on any atom is 0.270 e. The van der Waals surface area contributed by atoms with Gasteiger partial charge in [-0.15, -0.1) is 0 Å². The fourth-order valence-corrected chi connectivity index (χ4v) is 3.60. The number of carbonyl (C=O) groups excluding carboxylic acids is 1. The SMILES string of the molecule is CC[C@H](C)c1ccc([C@@H](C)NC(=O)c2cc(-c3cccc([N+](=O)[O-])c3)nc3ncnn23)cc1. The molecule has 0 bridgehead atoms. The van der Waals surface area contributed by atoms with Gasteiger partial charge in [0.05, 0.1) is 16.7 Å². The van der Waals surface area contributed by atoms with E-state index in [1.165, 1.54) is 28.5 Å². The Labute approximate surface area is 190 Å². The molecule has 2 aromatic heterocycles. The van der Waals surface area contributed by atoms with Crippen LogP contribution in [0.25, 0.3) is 17.0 Å². The number of hydrogen-bond donors (Lipinski definition) is 1. The van der Waals surface area contributed by atoms with Gasteiger partial charge in [0.25, 0.3) is 17.4 Å². The summed E-state index contributed by atoms with van der Waals surface area (Å²) >= 11 is 0. The highest BCUT2D eigenvalue weighted by molar-refractivity contribution is 5.94. The molecule has 0 aliphatic carbocycles. The fraction of sp³-hybridized carbons (Fsp3) is 0.250. The van der Waals surface area contributed by atoms with Gasteiger partial charge in [0.1, 0.15) is 12.0 Å². The first-order valence-electron chi connectivity index (χ1n) is 10.7. The number of nitrogens with zero attached hydrogens (tertiary/aromatic N) is 5. The number of aromatic nitrogens is 4. The average Bonchev–Trinajstić information content (AvgIpc) is 3.31. The topological polar surface area (TPSA) is 115 Å². The molecule has 0 unspecified atom stereocenters. The van der Waals surface area contributed by atoms with E-state index in [-0.39, 0.29) is 29.1 Å². The Hall–Kier alpha value is -4.14. The van der Waals surface area contributed by atoms with E-state index < -0.39 is 4.92 Å². The highest BCUT2D eigenvalue weighted by Gasteiger charge is 2.19. The Balaban J connectivity index is 1.63. The molecule has 0 saturated heterocycles. The van der Waals surface area contributed by atoms with Crippen LogP contribution < -0.4 is 5.32 Å². The number of non-ortho nitro benzene ring substituents is 1. The van der Waals surface area contributed by atoms with E-state index in [1.54, 1.807) is 18.2 Å². The Morgan fingerprint density at radius 1 is 1.12 bits per heavy atom. The van der Waals surface area contributed by atoms with Crippen molar-refractivity contribution in [3.8, 4) is 11.3 Å². The lowest BCUT2D eigenvalue weighted by Crippen LogP contribution is -2.28. The average molecular weight is 444 g/mol. The summed E-state index contributed by atoms with van der Waals surface area (Å²) in [7, 11) is 0. The van der Waals surface area contributed by atoms with Crippen LogP contribution in [-0.2, 0) is 0 Å². The van der Waals surface area contributed by atoms with Gasteiger partial charge >= 0.3 is 0 Å². The van der Waals surface area contributed by atoms with Crippen LogP contribution >= 0.6 is 0 Å². The number of rotatable bonds is 7. The minimum absolute atomic E-state index is 0.0592. The van der Waals surface area contributed by atoms with Crippen LogP contribution in [0.1, 0.15) is 60.8 Å². The Bertz CT molecular complexity index is 1320. The smallest absolute Gasteiger partial charge is 0.270 e. The Morgan fingerprint density at radius 3 is 2.55 bits per heavy atom. The van der Waals surface area contributed by atoms with Crippen LogP contribution in [0.5, 0.6) is 0 Å². The normalized spacial score (nSPS) is 12.9. The van der Waals surface area contributed by atoms with Crippen molar-refractivity contribution in [3.05, 3.63) is 87.9 Å². The van der Waals surface area contributed by atoms with Gasteiger partial charge in [-0.1, -0.05) is 50.2 Å². The number of benzene rings is 2. The Kier molecular flexibility index (Phi) is 6.12. The molecule has 0 aliphatic heterocycles. The van der Waals surface area contributed by atoms with Crippen LogP contribution in [0.15, 0.2) is 60.9 Å². The van der Waals surface area contributed by atoms with Crippen LogP contribution in [0.2, 0.25) is 0 Å². The summed E-state index contributed by atoms with van der Waals surface area (Å²) in [5, 5.41) is 18.3. The van der Waals surface area contributed by atoms with Gasteiger partial charge in [0.15, 0.2) is 0 Å². The molecule has 2 aromatic carbocycles. The van der Waals surface area contributed by atoms with Crippen LogP contribution in [0, 0.1) is 10.1 Å². The van der Waals surface area contributed by atoms with E-state index in [1.807, 2.05) is 19.1 Å². The predicted molar refractivity (Wildman–Crippen MR) is 124 cm³/mol. The van der Waals surface area contributed by atoms with Gasteiger partial charge < -0.3 is 5.32 Å². The number of amides is 1. The molecule has 0 aliphatic rings. The second-order valence-electron chi connectivity index (χ2n) is 7.98. The molecule has 168 valence electrons. The molecule has 33 heavy (non-hydrogen) atoms. The minimum Gasteiger partial charge on any atom is -0.344 e. The number of nitro benzene ring substituents is 1. The van der Waals surface area contributed by atoms with E-state index >= 15 is 0 Å². The van der Waals surface area contributed by atoms with E-state index in [0.717, 1.165) is 12.0 Å². The van der Waals surface area contributed by atoms with Crippen molar-refractivity contribution >= 4 is 17.4 Å². The maximum absolute atomic E-state index is 13.2. The molecule has 1 amide bonds. The van der Waals surface area contributed by atoms with Crippen molar-refractivity contribution in [2.45, 2.75) is 39.2 Å². The summed E-state index contributed by atoms with van der Waals surface area (Å²) in [5.41, 5.74) is 3.34. The second kappa shape index (κ2) is 9.15. The number of hydrogen-bond acceptors (Lipinski definition) is 6. The number of carbonyl (C=O) groups is 1. The number of nitrogens with one attached hydrogen (secondary N) is 1. The zero-order valence-corrected chi connectivity index (χ0v) is 18.6. The van der Waals surface area contributed by atoms with Crippen molar-refractivity contribution in [2.24, 2.45) is 0 Å². The minimum atomic E-state index is -0.471. The molecular weight excluding hydrogens is 420 g/mol. The fourth-order valence-electron chi connectivity index (χ4n) is 3.60. The quantitative estimate of drug-likeness (QED) is 0.326. The molecule has 0 fully saturated rings. The van der Waals surface area contributed by atoms with Gasteiger partial charge in [0, 0.05) is 17.7 Å². The van der Waals surface area contributed by atoms with Crippen LogP contribution in [0.3, 0.4) is 0 Å². The molecule has 2 atom stereocenters. The highest BCUT2D eigenvalue weighted by Crippen LogP contribution is 2.25. The summed E-state index contributed by atoms with van der Waals surface area (Å²) in [6.45, 7) is 6.26. The van der Waals surface area contributed by atoms with Crippen molar-refractivity contribution in [3.63, 3.8) is 0 Å². The van der Waals surface area contributed by atoms with Crippen molar-refractivity contribution < 1.29 is 9.72 Å². The van der Waals surface area contributed by atoms with Gasteiger partial charge in [-0.2, -0.15) is 14.6 Å². The lowest BCUT2D eigenvalue weighted by Gasteiger charge is -2.16. The zero-order valence-electron chi connectivity index (χ0n) is 18.6. The van der Waals surface area contributed by atoms with E-state index in [4.69, 9.17) is 0 Å². The summed E-state index contributed by atoms with van der Waals surface area (Å²) in [6.07, 6.45) is 2.38.